The van der Waals surface area contributed by atoms with Gasteiger partial charge in [-0.1, -0.05) is 24.1 Å². The highest BCUT2D eigenvalue weighted by Gasteiger charge is 2.16. The van der Waals surface area contributed by atoms with Gasteiger partial charge in [-0.25, -0.2) is 18.1 Å². The van der Waals surface area contributed by atoms with Crippen LogP contribution in [-0.2, 0) is 23.1 Å². The Morgan fingerprint density at radius 3 is 2.79 bits per heavy atom. The molecule has 8 heteroatoms. The molecule has 2 heterocycles. The summed E-state index contributed by atoms with van der Waals surface area (Å²) in [4.78, 5) is 7.11. The number of halogens is 1. The van der Waals surface area contributed by atoms with Crippen LogP contribution in [0.4, 0.5) is 0 Å². The average molecular weight is 386 g/mol. The summed E-state index contributed by atoms with van der Waals surface area (Å²) < 4.78 is 27.1. The highest BCUT2D eigenvalue weighted by atomic mass is 35.5. The van der Waals surface area contributed by atoms with Crippen LogP contribution in [-0.4, -0.2) is 31.4 Å². The quantitative estimate of drug-likeness (QED) is 0.829. The van der Waals surface area contributed by atoms with E-state index in [0.717, 1.165) is 30.3 Å². The molecule has 0 amide bonds. The van der Waals surface area contributed by atoms with Gasteiger partial charge in [-0.15, -0.1) is 11.3 Å². The van der Waals surface area contributed by atoms with Gasteiger partial charge in [0.25, 0.3) is 0 Å². The van der Waals surface area contributed by atoms with Crippen LogP contribution < -0.4 is 4.72 Å². The lowest BCUT2D eigenvalue weighted by Gasteiger charge is -2.25. The molecule has 0 saturated carbocycles. The van der Waals surface area contributed by atoms with Gasteiger partial charge < -0.3 is 0 Å². The Morgan fingerprint density at radius 2 is 2.04 bits per heavy atom. The number of nitrogens with one attached hydrogen (secondary N) is 1. The SMILES string of the molecule is O=S(=O)(NCc1nc(CN2CCCCC2)cs1)c1cccc(Cl)c1. The zero-order chi connectivity index (χ0) is 17.0. The van der Waals surface area contributed by atoms with E-state index in [-0.39, 0.29) is 11.4 Å². The summed E-state index contributed by atoms with van der Waals surface area (Å²) in [6.45, 7) is 3.28. The molecule has 0 unspecified atom stereocenters. The van der Waals surface area contributed by atoms with Crippen molar-refractivity contribution in [2.24, 2.45) is 0 Å². The maximum atomic E-state index is 12.3. The van der Waals surface area contributed by atoms with Crippen molar-refractivity contribution < 1.29 is 8.42 Å². The van der Waals surface area contributed by atoms with Crippen LogP contribution in [0.15, 0.2) is 34.5 Å². The summed E-state index contributed by atoms with van der Waals surface area (Å²) >= 11 is 7.34. The molecule has 0 bridgehead atoms. The second-order valence-electron chi connectivity index (χ2n) is 5.85. The van der Waals surface area contributed by atoms with Crippen molar-refractivity contribution in [2.45, 2.75) is 37.2 Å². The predicted octanol–water partition coefficient (Wildman–Crippen LogP) is 3.26. The van der Waals surface area contributed by atoms with Crippen molar-refractivity contribution in [3.63, 3.8) is 0 Å². The summed E-state index contributed by atoms with van der Waals surface area (Å²) in [6.07, 6.45) is 3.80. The number of hydrogen-bond acceptors (Lipinski definition) is 5. The lowest BCUT2D eigenvalue weighted by molar-refractivity contribution is 0.219. The van der Waals surface area contributed by atoms with Gasteiger partial charge in [0.2, 0.25) is 10.0 Å². The summed E-state index contributed by atoms with van der Waals surface area (Å²) in [5, 5.41) is 3.18. The fraction of sp³-hybridized carbons (Fsp3) is 0.438. The molecule has 1 fully saturated rings. The number of piperidine rings is 1. The third kappa shape index (κ3) is 4.77. The normalized spacial score (nSPS) is 16.4. The molecule has 1 saturated heterocycles. The highest BCUT2D eigenvalue weighted by molar-refractivity contribution is 7.89. The third-order valence-corrected chi connectivity index (χ3v) is 6.49. The van der Waals surface area contributed by atoms with Crippen LogP contribution in [0.3, 0.4) is 0 Å². The van der Waals surface area contributed by atoms with Gasteiger partial charge in [-0.2, -0.15) is 0 Å². The van der Waals surface area contributed by atoms with Crippen LogP contribution in [0.2, 0.25) is 5.02 Å². The van der Waals surface area contributed by atoms with E-state index in [1.165, 1.54) is 42.7 Å². The number of likely N-dealkylation sites (tertiary alicyclic amines) is 1. The molecule has 0 spiro atoms. The molecule has 0 radical (unpaired) electrons. The molecular weight excluding hydrogens is 366 g/mol. The van der Waals surface area contributed by atoms with Crippen molar-refractivity contribution in [3.8, 4) is 0 Å². The van der Waals surface area contributed by atoms with E-state index in [4.69, 9.17) is 11.6 Å². The molecule has 5 nitrogen and oxygen atoms in total. The van der Waals surface area contributed by atoms with Crippen molar-refractivity contribution in [3.05, 3.63) is 45.4 Å². The minimum absolute atomic E-state index is 0.167. The topological polar surface area (TPSA) is 62.3 Å². The average Bonchev–Trinajstić information content (AvgIpc) is 3.02. The van der Waals surface area contributed by atoms with E-state index in [9.17, 15) is 8.42 Å². The zero-order valence-electron chi connectivity index (χ0n) is 13.2. The number of rotatable bonds is 6. The number of thiazole rings is 1. The second-order valence-corrected chi connectivity index (χ2v) is 9.00. The first-order chi connectivity index (χ1) is 11.5. The lowest BCUT2D eigenvalue weighted by atomic mass is 10.1. The molecule has 1 aliphatic rings. The maximum Gasteiger partial charge on any atom is 0.241 e. The Bertz CT molecular complexity index is 786. The van der Waals surface area contributed by atoms with Gasteiger partial charge in [0.15, 0.2) is 0 Å². The van der Waals surface area contributed by atoms with Crippen LogP contribution in [0.25, 0.3) is 0 Å². The first-order valence-corrected chi connectivity index (χ1v) is 10.7. The van der Waals surface area contributed by atoms with Crippen LogP contribution in [0.1, 0.15) is 30.0 Å². The van der Waals surface area contributed by atoms with E-state index >= 15 is 0 Å². The molecule has 3 rings (SSSR count). The molecular formula is C16H20ClN3O2S2. The van der Waals surface area contributed by atoms with Gasteiger partial charge in [0.1, 0.15) is 5.01 Å². The van der Waals surface area contributed by atoms with Gasteiger partial charge in [-0.05, 0) is 44.1 Å². The largest absolute Gasteiger partial charge is 0.297 e. The molecule has 2 aromatic rings. The smallest absolute Gasteiger partial charge is 0.241 e. The minimum Gasteiger partial charge on any atom is -0.297 e. The molecule has 1 N–H and O–H groups in total. The second kappa shape index (κ2) is 7.93. The van der Waals surface area contributed by atoms with Crippen LogP contribution in [0, 0.1) is 0 Å². The van der Waals surface area contributed by atoms with Gasteiger partial charge in [0, 0.05) is 16.9 Å². The molecule has 1 aromatic carbocycles. The number of nitrogens with zero attached hydrogens (tertiary/aromatic N) is 2. The van der Waals surface area contributed by atoms with Crippen molar-refractivity contribution in [1.29, 1.82) is 0 Å². The van der Waals surface area contributed by atoms with E-state index < -0.39 is 10.0 Å². The first kappa shape index (κ1) is 17.8. The molecule has 0 atom stereocenters. The minimum atomic E-state index is -3.58. The van der Waals surface area contributed by atoms with E-state index in [1.54, 1.807) is 12.1 Å². The van der Waals surface area contributed by atoms with Crippen LogP contribution >= 0.6 is 22.9 Å². The Morgan fingerprint density at radius 1 is 1.25 bits per heavy atom. The lowest BCUT2D eigenvalue weighted by Crippen LogP contribution is -2.29. The third-order valence-electron chi connectivity index (χ3n) is 3.95. The zero-order valence-corrected chi connectivity index (χ0v) is 15.6. The van der Waals surface area contributed by atoms with Gasteiger partial charge in [0.05, 0.1) is 17.1 Å². The summed E-state index contributed by atoms with van der Waals surface area (Å²) in [7, 11) is -3.58. The summed E-state index contributed by atoms with van der Waals surface area (Å²) in [6, 6.07) is 6.23. The molecule has 130 valence electrons. The fourth-order valence-electron chi connectivity index (χ4n) is 2.72. The molecule has 24 heavy (non-hydrogen) atoms. The highest BCUT2D eigenvalue weighted by Crippen LogP contribution is 2.18. The van der Waals surface area contributed by atoms with Crippen molar-refractivity contribution >= 4 is 33.0 Å². The number of aromatic nitrogens is 1. The molecule has 1 aliphatic heterocycles. The Hall–Kier alpha value is -0.990. The van der Waals surface area contributed by atoms with E-state index in [1.807, 2.05) is 5.38 Å². The summed E-state index contributed by atoms with van der Waals surface area (Å²) in [5.41, 5.74) is 1.01. The number of benzene rings is 1. The molecule has 1 aromatic heterocycles. The molecule has 0 aliphatic carbocycles. The van der Waals surface area contributed by atoms with Gasteiger partial charge in [-0.3, -0.25) is 4.90 Å². The number of sulfonamides is 1. The first-order valence-electron chi connectivity index (χ1n) is 7.94. The summed E-state index contributed by atoms with van der Waals surface area (Å²) in [5.74, 6) is 0. The van der Waals surface area contributed by atoms with Crippen molar-refractivity contribution in [1.82, 2.24) is 14.6 Å². The maximum absolute atomic E-state index is 12.3. The Labute approximate surface area is 151 Å². The monoisotopic (exact) mass is 385 g/mol. The van der Waals surface area contributed by atoms with Gasteiger partial charge >= 0.3 is 0 Å². The number of hydrogen-bond donors (Lipinski definition) is 1. The standard InChI is InChI=1S/C16H20ClN3O2S2/c17-13-5-4-6-15(9-13)24(21,22)18-10-16-19-14(12-23-16)11-20-7-2-1-3-8-20/h4-6,9,12,18H,1-3,7-8,10-11H2. The fourth-order valence-corrected chi connectivity index (χ4v) is 4.83. The van der Waals surface area contributed by atoms with E-state index in [2.05, 4.69) is 14.6 Å². The predicted molar refractivity (Wildman–Crippen MR) is 96.7 cm³/mol. The van der Waals surface area contributed by atoms with Crippen molar-refractivity contribution in [2.75, 3.05) is 13.1 Å². The van der Waals surface area contributed by atoms with Crippen LogP contribution in [0.5, 0.6) is 0 Å². The Kier molecular flexibility index (Phi) is 5.89. The Balaban J connectivity index is 1.58. The van der Waals surface area contributed by atoms with E-state index in [0.29, 0.717) is 5.02 Å².